The number of anilines is 1. The molecule has 0 aliphatic heterocycles. The van der Waals surface area contributed by atoms with Gasteiger partial charge in [0.15, 0.2) is 11.5 Å². The molecule has 6 nitrogen and oxygen atoms in total. The first-order valence-electron chi connectivity index (χ1n) is 8.13. The fraction of sp³-hybridized carbons (Fsp3) is 0.368. The molecule has 0 unspecified atom stereocenters. The van der Waals surface area contributed by atoms with Gasteiger partial charge in [-0.25, -0.2) is 4.98 Å². The minimum atomic E-state index is 0.260. The summed E-state index contributed by atoms with van der Waals surface area (Å²) in [5.41, 5.74) is 8.87. The predicted octanol–water partition coefficient (Wildman–Crippen LogP) is 3.50. The summed E-state index contributed by atoms with van der Waals surface area (Å²) in [5.74, 6) is 2.24. The van der Waals surface area contributed by atoms with Crippen LogP contribution in [0.25, 0.3) is 11.1 Å². The van der Waals surface area contributed by atoms with Crippen molar-refractivity contribution in [3.05, 3.63) is 29.5 Å². The first-order chi connectivity index (χ1) is 12.1. The molecule has 1 saturated carbocycles. The topological polar surface area (TPSA) is 90.4 Å². The first kappa shape index (κ1) is 16.9. The zero-order valence-corrected chi connectivity index (χ0v) is 14.6. The second-order valence-corrected chi connectivity index (χ2v) is 6.01. The monoisotopic (exact) mass is 339 g/mol. The standard InChI is InChI=1S/C19H21N3O3/c1-23-16-7-12(8-17(24-2)18(16)25-3)13-9-15(11-5-4-6-11)22-19(21)14(13)10-20/h7-9,11H,4-6H2,1-3H3,(H2,21,22). The average molecular weight is 339 g/mol. The highest BCUT2D eigenvalue weighted by atomic mass is 16.5. The molecule has 0 spiro atoms. The summed E-state index contributed by atoms with van der Waals surface area (Å²) in [6.45, 7) is 0. The smallest absolute Gasteiger partial charge is 0.203 e. The van der Waals surface area contributed by atoms with Gasteiger partial charge in [-0.05, 0) is 36.6 Å². The molecule has 1 aromatic carbocycles. The Morgan fingerprint density at radius 1 is 1.08 bits per heavy atom. The number of methoxy groups -OCH3 is 3. The van der Waals surface area contributed by atoms with E-state index in [4.69, 9.17) is 19.9 Å². The number of hydrogen-bond acceptors (Lipinski definition) is 6. The molecule has 130 valence electrons. The summed E-state index contributed by atoms with van der Waals surface area (Å²) in [6.07, 6.45) is 3.41. The number of nitrogens with two attached hydrogens (primary N) is 1. The highest BCUT2D eigenvalue weighted by Crippen LogP contribution is 2.44. The molecule has 1 heterocycles. The maximum atomic E-state index is 9.56. The van der Waals surface area contributed by atoms with Gasteiger partial charge in [-0.2, -0.15) is 5.26 Å². The lowest BCUT2D eigenvalue weighted by atomic mass is 9.81. The molecule has 1 aliphatic rings. The van der Waals surface area contributed by atoms with Gasteiger partial charge in [-0.3, -0.25) is 0 Å². The second-order valence-electron chi connectivity index (χ2n) is 6.01. The van der Waals surface area contributed by atoms with E-state index in [2.05, 4.69) is 11.1 Å². The third kappa shape index (κ3) is 2.93. The maximum Gasteiger partial charge on any atom is 0.203 e. The molecule has 1 fully saturated rings. The summed E-state index contributed by atoms with van der Waals surface area (Å²) in [7, 11) is 4.68. The zero-order valence-electron chi connectivity index (χ0n) is 14.6. The van der Waals surface area contributed by atoms with E-state index >= 15 is 0 Å². The van der Waals surface area contributed by atoms with Gasteiger partial charge < -0.3 is 19.9 Å². The van der Waals surface area contributed by atoms with Gasteiger partial charge in [0.2, 0.25) is 5.75 Å². The lowest BCUT2D eigenvalue weighted by molar-refractivity contribution is 0.324. The van der Waals surface area contributed by atoms with Gasteiger partial charge in [-0.1, -0.05) is 6.42 Å². The number of aromatic nitrogens is 1. The molecule has 0 radical (unpaired) electrons. The quantitative estimate of drug-likeness (QED) is 0.896. The van der Waals surface area contributed by atoms with Crippen LogP contribution in [0.5, 0.6) is 17.2 Å². The molecule has 2 N–H and O–H groups in total. The third-order valence-corrected chi connectivity index (χ3v) is 4.68. The van der Waals surface area contributed by atoms with E-state index in [-0.39, 0.29) is 5.82 Å². The van der Waals surface area contributed by atoms with Crippen molar-refractivity contribution in [1.29, 1.82) is 5.26 Å². The number of ether oxygens (including phenoxy) is 3. The molecule has 0 amide bonds. The van der Waals surface area contributed by atoms with Crippen LogP contribution >= 0.6 is 0 Å². The largest absolute Gasteiger partial charge is 0.493 e. The highest BCUT2D eigenvalue weighted by Gasteiger charge is 2.24. The van der Waals surface area contributed by atoms with Crippen molar-refractivity contribution >= 4 is 5.82 Å². The lowest BCUT2D eigenvalue weighted by Crippen LogP contribution is -2.12. The van der Waals surface area contributed by atoms with E-state index in [0.717, 1.165) is 29.7 Å². The zero-order chi connectivity index (χ0) is 18.0. The molecule has 2 aromatic rings. The van der Waals surface area contributed by atoms with E-state index in [9.17, 15) is 5.26 Å². The Morgan fingerprint density at radius 3 is 2.16 bits per heavy atom. The molecule has 0 atom stereocenters. The van der Waals surface area contributed by atoms with Gasteiger partial charge in [0.1, 0.15) is 17.5 Å². The van der Waals surface area contributed by atoms with Crippen LogP contribution in [0.1, 0.15) is 36.4 Å². The van der Waals surface area contributed by atoms with Crippen molar-refractivity contribution in [3.63, 3.8) is 0 Å². The van der Waals surface area contributed by atoms with Gasteiger partial charge in [-0.15, -0.1) is 0 Å². The van der Waals surface area contributed by atoms with E-state index in [0.29, 0.717) is 28.7 Å². The fourth-order valence-corrected chi connectivity index (χ4v) is 3.08. The number of pyridine rings is 1. The number of rotatable bonds is 5. The minimum absolute atomic E-state index is 0.260. The van der Waals surface area contributed by atoms with Gasteiger partial charge in [0, 0.05) is 17.2 Å². The summed E-state index contributed by atoms with van der Waals surface area (Å²) in [5, 5.41) is 9.56. The third-order valence-electron chi connectivity index (χ3n) is 4.68. The Kier molecular flexibility index (Phi) is 4.66. The first-order valence-corrected chi connectivity index (χ1v) is 8.13. The van der Waals surface area contributed by atoms with Crippen molar-refractivity contribution in [3.8, 4) is 34.4 Å². The van der Waals surface area contributed by atoms with E-state index in [1.54, 1.807) is 21.3 Å². The Bertz CT molecular complexity index is 814. The van der Waals surface area contributed by atoms with Crippen LogP contribution in [0.4, 0.5) is 5.82 Å². The Hall–Kier alpha value is -2.94. The van der Waals surface area contributed by atoms with Crippen LogP contribution in [0.2, 0.25) is 0 Å². The highest BCUT2D eigenvalue weighted by molar-refractivity contribution is 5.79. The second kappa shape index (κ2) is 6.89. The van der Waals surface area contributed by atoms with Gasteiger partial charge in [0.25, 0.3) is 0 Å². The van der Waals surface area contributed by atoms with Crippen LogP contribution in [0, 0.1) is 11.3 Å². The molecular weight excluding hydrogens is 318 g/mol. The van der Waals surface area contributed by atoms with Crippen molar-refractivity contribution in [2.45, 2.75) is 25.2 Å². The van der Waals surface area contributed by atoms with Crippen molar-refractivity contribution in [2.75, 3.05) is 27.1 Å². The molecule has 0 saturated heterocycles. The van der Waals surface area contributed by atoms with Gasteiger partial charge in [0.05, 0.1) is 21.3 Å². The molecule has 3 rings (SSSR count). The van der Waals surface area contributed by atoms with Crippen LogP contribution in [-0.2, 0) is 0 Å². The van der Waals surface area contributed by atoms with E-state index in [1.807, 2.05) is 18.2 Å². The Balaban J connectivity index is 2.21. The normalized spacial score (nSPS) is 13.7. The fourth-order valence-electron chi connectivity index (χ4n) is 3.08. The van der Waals surface area contributed by atoms with Crippen LogP contribution in [0.3, 0.4) is 0 Å². The van der Waals surface area contributed by atoms with Crippen LogP contribution < -0.4 is 19.9 Å². The molecule has 25 heavy (non-hydrogen) atoms. The average Bonchev–Trinajstić information content (AvgIpc) is 2.58. The van der Waals surface area contributed by atoms with Crippen LogP contribution in [0.15, 0.2) is 18.2 Å². The molecule has 1 aromatic heterocycles. The SMILES string of the molecule is COc1cc(-c2cc(C3CCC3)nc(N)c2C#N)cc(OC)c1OC. The maximum absolute atomic E-state index is 9.56. The van der Waals surface area contributed by atoms with Gasteiger partial charge >= 0.3 is 0 Å². The Morgan fingerprint density at radius 2 is 1.72 bits per heavy atom. The summed E-state index contributed by atoms with van der Waals surface area (Å²) in [6, 6.07) is 7.77. The van der Waals surface area contributed by atoms with E-state index < -0.39 is 0 Å². The molecule has 1 aliphatic carbocycles. The minimum Gasteiger partial charge on any atom is -0.493 e. The van der Waals surface area contributed by atoms with Crippen molar-refractivity contribution < 1.29 is 14.2 Å². The predicted molar refractivity (Wildman–Crippen MR) is 95.0 cm³/mol. The van der Waals surface area contributed by atoms with E-state index in [1.165, 1.54) is 6.42 Å². The molecule has 0 bridgehead atoms. The summed E-state index contributed by atoms with van der Waals surface area (Å²) >= 11 is 0. The Labute approximate surface area is 147 Å². The van der Waals surface area contributed by atoms with Crippen LogP contribution in [-0.4, -0.2) is 26.3 Å². The van der Waals surface area contributed by atoms with Crippen molar-refractivity contribution in [1.82, 2.24) is 4.98 Å². The molecular formula is C19H21N3O3. The molecule has 6 heteroatoms. The summed E-state index contributed by atoms with van der Waals surface area (Å²) < 4.78 is 16.2. The number of nitrogen functional groups attached to an aromatic ring is 1. The number of hydrogen-bond donors (Lipinski definition) is 1. The summed E-state index contributed by atoms with van der Waals surface area (Å²) in [4.78, 5) is 4.44. The number of nitriles is 1. The number of nitrogens with zero attached hydrogens (tertiary/aromatic N) is 2. The lowest BCUT2D eigenvalue weighted by Gasteiger charge is -2.26. The number of benzene rings is 1. The van der Waals surface area contributed by atoms with Crippen molar-refractivity contribution in [2.24, 2.45) is 0 Å².